The fourth-order valence-corrected chi connectivity index (χ4v) is 2.91. The third-order valence-electron chi connectivity index (χ3n) is 4.86. The van der Waals surface area contributed by atoms with Gasteiger partial charge in [0.2, 0.25) is 11.8 Å². The summed E-state index contributed by atoms with van der Waals surface area (Å²) in [6, 6.07) is -2.49. The summed E-state index contributed by atoms with van der Waals surface area (Å²) >= 11 is 0. The van der Waals surface area contributed by atoms with E-state index in [4.69, 9.17) is 26.5 Å². The molecule has 0 aromatic carbocycles. The van der Waals surface area contributed by atoms with Gasteiger partial charge in [0, 0.05) is 13.0 Å². The Hall–Kier alpha value is -3.59. The lowest BCUT2D eigenvalue weighted by Crippen LogP contribution is -2.53. The van der Waals surface area contributed by atoms with E-state index in [1.165, 1.54) is 0 Å². The van der Waals surface area contributed by atoms with Crippen molar-refractivity contribution in [1.82, 2.24) is 10.6 Å². The molecule has 13 nitrogen and oxygen atoms in total. The lowest BCUT2D eigenvalue weighted by Gasteiger charge is -2.22. The number of carboxylic acids is 3. The number of nitrogens with zero attached hydrogens (tertiary/aromatic N) is 1. The van der Waals surface area contributed by atoms with Gasteiger partial charge in [-0.3, -0.25) is 19.4 Å². The van der Waals surface area contributed by atoms with Crippen LogP contribution in [0.3, 0.4) is 0 Å². The number of halogens is 3. The summed E-state index contributed by atoms with van der Waals surface area (Å²) in [5, 5.41) is 30.0. The van der Waals surface area contributed by atoms with Gasteiger partial charge >= 0.3 is 24.1 Å². The number of carboxylic acid groups (broad SMARTS) is 3. The van der Waals surface area contributed by atoms with E-state index in [0.717, 1.165) is 38.5 Å². The molecule has 0 heterocycles. The highest BCUT2D eigenvalue weighted by Crippen LogP contribution is 2.13. The van der Waals surface area contributed by atoms with E-state index < -0.39 is 60.3 Å². The first-order valence-corrected chi connectivity index (χ1v) is 11.9. The zero-order chi connectivity index (χ0) is 29.9. The minimum atomic E-state index is -5.08. The fraction of sp³-hybridized carbons (Fsp3) is 0.727. The average Bonchev–Trinajstić information content (AvgIpc) is 2.76. The number of hydrogen-bond donors (Lipinski definition) is 7. The number of aliphatic carboxylic acids is 3. The van der Waals surface area contributed by atoms with Crippen molar-refractivity contribution in [2.45, 2.75) is 89.9 Å². The van der Waals surface area contributed by atoms with Crippen molar-refractivity contribution in [3.63, 3.8) is 0 Å². The molecule has 0 aromatic heterocycles. The summed E-state index contributed by atoms with van der Waals surface area (Å²) in [5.41, 5.74) is 10.5. The van der Waals surface area contributed by atoms with Crippen LogP contribution in [0.2, 0.25) is 0 Å². The van der Waals surface area contributed by atoms with Crippen LogP contribution < -0.4 is 22.1 Å². The number of rotatable bonds is 17. The van der Waals surface area contributed by atoms with Crippen LogP contribution >= 0.6 is 0 Å². The number of alkyl halides is 3. The van der Waals surface area contributed by atoms with Crippen LogP contribution in [-0.4, -0.2) is 75.8 Å². The van der Waals surface area contributed by atoms with E-state index in [1.54, 1.807) is 13.8 Å². The number of carbonyl (C=O) groups is 5. The molecule has 0 bridgehead atoms. The molecule has 0 saturated carbocycles. The average molecular weight is 558 g/mol. The largest absolute Gasteiger partial charge is 0.490 e. The van der Waals surface area contributed by atoms with Crippen molar-refractivity contribution >= 4 is 35.7 Å². The van der Waals surface area contributed by atoms with Gasteiger partial charge in [0.15, 0.2) is 5.96 Å². The molecule has 0 aromatic rings. The molecule has 0 aliphatic carbocycles. The molecule has 38 heavy (non-hydrogen) atoms. The van der Waals surface area contributed by atoms with Crippen LogP contribution in [-0.2, 0) is 24.0 Å². The third kappa shape index (κ3) is 20.6. The van der Waals surface area contributed by atoms with Crippen molar-refractivity contribution < 1.29 is 52.5 Å². The van der Waals surface area contributed by atoms with Crippen molar-refractivity contribution in [3.05, 3.63) is 0 Å². The Morgan fingerprint density at radius 1 is 0.842 bits per heavy atom. The summed E-state index contributed by atoms with van der Waals surface area (Å²) in [5.74, 6) is -6.80. The van der Waals surface area contributed by atoms with Gasteiger partial charge in [-0.2, -0.15) is 13.2 Å². The Bertz CT molecular complexity index is 802. The van der Waals surface area contributed by atoms with Crippen molar-refractivity contribution in [1.29, 1.82) is 0 Å². The molecule has 2 atom stereocenters. The molecular weight excluding hydrogens is 519 g/mol. The highest BCUT2D eigenvalue weighted by atomic mass is 19.4. The van der Waals surface area contributed by atoms with Crippen LogP contribution in [0.25, 0.3) is 0 Å². The molecule has 2 amide bonds. The quantitative estimate of drug-likeness (QED) is 0.0766. The van der Waals surface area contributed by atoms with Gasteiger partial charge < -0.3 is 37.4 Å². The lowest BCUT2D eigenvalue weighted by molar-refractivity contribution is -0.192. The van der Waals surface area contributed by atoms with E-state index in [2.05, 4.69) is 15.6 Å². The second-order valence-electron chi connectivity index (χ2n) is 8.62. The standard InChI is InChI=1S/C20H37N5O6.C2HF3O2/c1-13(2)17(19(30)31)25-18(29)14(12-16(27)28)24-15(26)10-8-6-4-3-5-7-9-11-23-20(21)22;3-2(4,5)1(6)7/h13-14,17H,3-12H2,1-2H3,(H,24,26)(H,25,29)(H,27,28)(H,30,31)(H4,21,22,23);(H,6,7)/t14-,17-;/m0./s1. The van der Waals surface area contributed by atoms with Gasteiger partial charge in [-0.1, -0.05) is 46.0 Å². The number of hydrogen-bond acceptors (Lipinski definition) is 6. The zero-order valence-electron chi connectivity index (χ0n) is 21.4. The van der Waals surface area contributed by atoms with Gasteiger partial charge in [0.25, 0.3) is 0 Å². The first-order valence-electron chi connectivity index (χ1n) is 11.9. The molecule has 220 valence electrons. The highest BCUT2D eigenvalue weighted by Gasteiger charge is 2.38. The Labute approximate surface area is 218 Å². The summed E-state index contributed by atoms with van der Waals surface area (Å²) < 4.78 is 31.7. The molecule has 16 heteroatoms. The molecule has 0 fully saturated rings. The zero-order valence-corrected chi connectivity index (χ0v) is 21.4. The molecule has 0 spiro atoms. The molecule has 0 rings (SSSR count). The van der Waals surface area contributed by atoms with Gasteiger partial charge in [-0.25, -0.2) is 9.59 Å². The Morgan fingerprint density at radius 3 is 1.71 bits per heavy atom. The molecule has 9 N–H and O–H groups in total. The topological polar surface area (TPSA) is 234 Å². The van der Waals surface area contributed by atoms with Crippen molar-refractivity contribution in [2.75, 3.05) is 6.54 Å². The summed E-state index contributed by atoms with van der Waals surface area (Å²) in [6.45, 7) is 3.86. The van der Waals surface area contributed by atoms with Gasteiger partial charge in [-0.15, -0.1) is 0 Å². The highest BCUT2D eigenvalue weighted by molar-refractivity contribution is 5.92. The summed E-state index contributed by atoms with van der Waals surface area (Å²) in [6.07, 6.45) is 0.902. The van der Waals surface area contributed by atoms with Crippen LogP contribution in [0.1, 0.15) is 71.6 Å². The summed E-state index contributed by atoms with van der Waals surface area (Å²) in [4.78, 5) is 59.5. The first kappa shape index (κ1) is 36.6. The van der Waals surface area contributed by atoms with Crippen molar-refractivity contribution in [2.24, 2.45) is 22.4 Å². The molecule has 0 aliphatic rings. The number of guanidine groups is 1. The maximum atomic E-state index is 12.3. The molecule has 0 radical (unpaired) electrons. The smallest absolute Gasteiger partial charge is 0.481 e. The third-order valence-corrected chi connectivity index (χ3v) is 4.86. The SMILES string of the molecule is CC(C)[C@H](NC(=O)[C@H](CC(=O)O)NC(=O)CCCCCCCCCN=C(N)N)C(=O)O.O=C(O)C(F)(F)F. The van der Waals surface area contributed by atoms with Crippen LogP contribution in [0.5, 0.6) is 0 Å². The first-order chi connectivity index (χ1) is 17.5. The fourth-order valence-electron chi connectivity index (χ4n) is 2.91. The maximum absolute atomic E-state index is 12.3. The lowest BCUT2D eigenvalue weighted by atomic mass is 10.0. The van der Waals surface area contributed by atoms with Crippen LogP contribution in [0, 0.1) is 5.92 Å². The Morgan fingerprint density at radius 2 is 1.32 bits per heavy atom. The molecular formula is C22H38F3N5O8. The number of nitrogens with one attached hydrogen (secondary N) is 2. The number of nitrogens with two attached hydrogens (primary N) is 2. The van der Waals surface area contributed by atoms with Crippen LogP contribution in [0.15, 0.2) is 4.99 Å². The van der Waals surface area contributed by atoms with E-state index in [9.17, 15) is 37.5 Å². The Kier molecular flexibility index (Phi) is 18.8. The minimum Gasteiger partial charge on any atom is -0.481 e. The second kappa shape index (κ2) is 19.5. The van der Waals surface area contributed by atoms with E-state index in [1.807, 2.05) is 0 Å². The number of aliphatic imine (C=N–C) groups is 1. The normalized spacial score (nSPS) is 12.4. The molecule has 0 unspecified atom stereocenters. The predicted octanol–water partition coefficient (Wildman–Crippen LogP) is 1.20. The molecule has 0 saturated heterocycles. The second-order valence-corrected chi connectivity index (χ2v) is 8.62. The molecule has 0 aliphatic heterocycles. The van der Waals surface area contributed by atoms with Gasteiger partial charge in [-0.05, 0) is 18.8 Å². The summed E-state index contributed by atoms with van der Waals surface area (Å²) in [7, 11) is 0. The van der Waals surface area contributed by atoms with E-state index in [-0.39, 0.29) is 12.4 Å². The predicted molar refractivity (Wildman–Crippen MR) is 130 cm³/mol. The van der Waals surface area contributed by atoms with Crippen molar-refractivity contribution in [3.8, 4) is 0 Å². The van der Waals surface area contributed by atoms with Crippen LogP contribution in [0.4, 0.5) is 13.2 Å². The minimum absolute atomic E-state index is 0.1000. The Balaban J connectivity index is 0. The van der Waals surface area contributed by atoms with E-state index in [0.29, 0.717) is 13.0 Å². The maximum Gasteiger partial charge on any atom is 0.490 e. The number of unbranched alkanes of at least 4 members (excludes halogenated alkanes) is 6. The van der Waals surface area contributed by atoms with E-state index >= 15 is 0 Å². The van der Waals surface area contributed by atoms with Gasteiger partial charge in [0.05, 0.1) is 6.42 Å². The monoisotopic (exact) mass is 557 g/mol. The number of amides is 2. The number of carbonyl (C=O) groups excluding carboxylic acids is 2. The van der Waals surface area contributed by atoms with Gasteiger partial charge in [0.1, 0.15) is 12.1 Å².